The van der Waals surface area contributed by atoms with Gasteiger partial charge < -0.3 is 5.32 Å². The van der Waals surface area contributed by atoms with E-state index in [0.29, 0.717) is 0 Å². The summed E-state index contributed by atoms with van der Waals surface area (Å²) in [6, 6.07) is 10.1. The van der Waals surface area contributed by atoms with Crippen molar-refractivity contribution >= 4 is 27.4 Å². The van der Waals surface area contributed by atoms with E-state index in [1.54, 1.807) is 6.08 Å². The fourth-order valence-corrected chi connectivity index (χ4v) is 2.25. The number of amides is 1. The summed E-state index contributed by atoms with van der Waals surface area (Å²) in [4.78, 5) is 12.2. The van der Waals surface area contributed by atoms with Crippen LogP contribution in [-0.2, 0) is 4.79 Å². The van der Waals surface area contributed by atoms with Crippen LogP contribution in [0.15, 0.2) is 36.4 Å². The van der Waals surface area contributed by atoms with Crippen LogP contribution in [0.4, 0.5) is 0 Å². The van der Waals surface area contributed by atoms with Crippen LogP contribution in [-0.4, -0.2) is 16.8 Å². The summed E-state index contributed by atoms with van der Waals surface area (Å²) >= 11 is 3.51. The third-order valence-electron chi connectivity index (χ3n) is 2.90. The number of carbonyl (C=O) groups excluding carboxylic acids is 1. The fraction of sp³-hybridized carbons (Fsp3) is 0.400. The van der Waals surface area contributed by atoms with E-state index in [4.69, 9.17) is 0 Å². The molecule has 0 saturated carbocycles. The van der Waals surface area contributed by atoms with Gasteiger partial charge in [0.25, 0.3) is 0 Å². The Kier molecular flexibility index (Phi) is 6.13. The van der Waals surface area contributed by atoms with Crippen molar-refractivity contribution in [3.63, 3.8) is 0 Å². The van der Waals surface area contributed by atoms with Gasteiger partial charge in [0.2, 0.25) is 5.91 Å². The lowest BCUT2D eigenvalue weighted by Gasteiger charge is -2.18. The third-order valence-corrected chi connectivity index (χ3v) is 3.54. The number of benzene rings is 1. The Balaban J connectivity index is 2.69. The smallest absolute Gasteiger partial charge is 0.244 e. The first-order chi connectivity index (χ1) is 8.54. The number of carbonyl (C=O) groups is 1. The van der Waals surface area contributed by atoms with Crippen molar-refractivity contribution < 1.29 is 4.79 Å². The minimum Gasteiger partial charge on any atom is -0.349 e. The van der Waals surface area contributed by atoms with Crippen molar-refractivity contribution in [3.8, 4) is 0 Å². The molecule has 1 aromatic rings. The zero-order chi connectivity index (χ0) is 13.5. The summed E-state index contributed by atoms with van der Waals surface area (Å²) in [5.41, 5.74) is 2.05. The SMILES string of the molecule is CCC(NC(=O)/C=C(\C)c1ccccc1)[C@H](C)Br. The summed E-state index contributed by atoms with van der Waals surface area (Å²) in [6.45, 7) is 6.06. The second-order valence-corrected chi connectivity index (χ2v) is 5.84. The second-order valence-electron chi connectivity index (χ2n) is 4.39. The Labute approximate surface area is 118 Å². The van der Waals surface area contributed by atoms with E-state index in [-0.39, 0.29) is 16.8 Å². The van der Waals surface area contributed by atoms with Gasteiger partial charge in [-0.3, -0.25) is 4.79 Å². The van der Waals surface area contributed by atoms with Gasteiger partial charge in [-0.2, -0.15) is 0 Å². The normalized spacial score (nSPS) is 15.0. The van der Waals surface area contributed by atoms with E-state index in [0.717, 1.165) is 17.6 Å². The Morgan fingerprint density at radius 2 is 2.00 bits per heavy atom. The lowest BCUT2D eigenvalue weighted by molar-refractivity contribution is -0.117. The van der Waals surface area contributed by atoms with Gasteiger partial charge in [-0.25, -0.2) is 0 Å². The molecule has 0 fully saturated rings. The van der Waals surface area contributed by atoms with E-state index in [2.05, 4.69) is 28.2 Å². The van der Waals surface area contributed by atoms with Gasteiger partial charge in [0.1, 0.15) is 0 Å². The molecule has 0 heterocycles. The van der Waals surface area contributed by atoms with Crippen molar-refractivity contribution in [3.05, 3.63) is 42.0 Å². The highest BCUT2D eigenvalue weighted by Gasteiger charge is 2.13. The number of rotatable bonds is 5. The van der Waals surface area contributed by atoms with Crippen LogP contribution in [0.25, 0.3) is 5.57 Å². The number of halogens is 1. The summed E-state index contributed by atoms with van der Waals surface area (Å²) in [5, 5.41) is 3.00. The van der Waals surface area contributed by atoms with Crippen LogP contribution in [0, 0.1) is 0 Å². The molecule has 0 bridgehead atoms. The topological polar surface area (TPSA) is 29.1 Å². The maximum Gasteiger partial charge on any atom is 0.244 e. The van der Waals surface area contributed by atoms with Crippen LogP contribution in [0.3, 0.4) is 0 Å². The van der Waals surface area contributed by atoms with Gasteiger partial charge in [0.15, 0.2) is 0 Å². The molecule has 18 heavy (non-hydrogen) atoms. The molecular formula is C15H20BrNO. The summed E-state index contributed by atoms with van der Waals surface area (Å²) < 4.78 is 0. The Hall–Kier alpha value is -1.09. The van der Waals surface area contributed by atoms with Crippen molar-refractivity contribution in [2.75, 3.05) is 0 Å². The average molecular weight is 310 g/mol. The van der Waals surface area contributed by atoms with E-state index in [1.807, 2.05) is 44.2 Å². The van der Waals surface area contributed by atoms with Gasteiger partial charge in [0.05, 0.1) is 0 Å². The van der Waals surface area contributed by atoms with Gasteiger partial charge >= 0.3 is 0 Å². The van der Waals surface area contributed by atoms with E-state index in [1.165, 1.54) is 0 Å². The monoisotopic (exact) mass is 309 g/mol. The van der Waals surface area contributed by atoms with Crippen LogP contribution in [0.5, 0.6) is 0 Å². The molecule has 1 rings (SSSR count). The Morgan fingerprint density at radius 1 is 1.39 bits per heavy atom. The summed E-state index contributed by atoms with van der Waals surface area (Å²) in [7, 11) is 0. The van der Waals surface area contributed by atoms with Crippen molar-refractivity contribution in [2.45, 2.75) is 38.1 Å². The van der Waals surface area contributed by atoms with Crippen molar-refractivity contribution in [2.24, 2.45) is 0 Å². The minimum absolute atomic E-state index is 0.0329. The number of alkyl halides is 1. The largest absolute Gasteiger partial charge is 0.349 e. The third kappa shape index (κ3) is 4.65. The van der Waals surface area contributed by atoms with E-state index >= 15 is 0 Å². The Morgan fingerprint density at radius 3 is 2.50 bits per heavy atom. The van der Waals surface area contributed by atoms with Gasteiger partial charge in [-0.15, -0.1) is 0 Å². The molecule has 0 radical (unpaired) electrons. The van der Waals surface area contributed by atoms with Crippen molar-refractivity contribution in [1.82, 2.24) is 5.32 Å². The first-order valence-corrected chi connectivity index (χ1v) is 7.14. The number of nitrogens with one attached hydrogen (secondary N) is 1. The maximum absolute atomic E-state index is 11.9. The predicted molar refractivity (Wildman–Crippen MR) is 80.7 cm³/mol. The van der Waals surface area contributed by atoms with Gasteiger partial charge in [-0.05, 0) is 24.5 Å². The molecule has 2 atom stereocenters. The molecule has 0 aliphatic rings. The van der Waals surface area contributed by atoms with E-state index in [9.17, 15) is 4.79 Å². The highest BCUT2D eigenvalue weighted by atomic mass is 79.9. The number of allylic oxidation sites excluding steroid dienone is 1. The quantitative estimate of drug-likeness (QED) is 0.651. The zero-order valence-corrected chi connectivity index (χ0v) is 12.7. The minimum atomic E-state index is -0.0329. The van der Waals surface area contributed by atoms with Crippen LogP contribution in [0.2, 0.25) is 0 Å². The summed E-state index contributed by atoms with van der Waals surface area (Å²) in [5.74, 6) is -0.0329. The second kappa shape index (κ2) is 7.37. The first-order valence-electron chi connectivity index (χ1n) is 6.23. The van der Waals surface area contributed by atoms with Crippen LogP contribution < -0.4 is 5.32 Å². The Bertz CT molecular complexity index is 412. The van der Waals surface area contributed by atoms with Crippen molar-refractivity contribution in [1.29, 1.82) is 0 Å². The average Bonchev–Trinajstić information content (AvgIpc) is 2.36. The highest BCUT2D eigenvalue weighted by molar-refractivity contribution is 9.09. The first kappa shape index (κ1) is 15.0. The molecule has 0 spiro atoms. The molecule has 0 aliphatic carbocycles. The molecule has 98 valence electrons. The number of hydrogen-bond acceptors (Lipinski definition) is 1. The molecule has 3 heteroatoms. The van der Waals surface area contributed by atoms with E-state index < -0.39 is 0 Å². The summed E-state index contributed by atoms with van der Waals surface area (Å²) in [6.07, 6.45) is 2.57. The molecule has 1 N–H and O–H groups in total. The molecule has 0 saturated heterocycles. The van der Waals surface area contributed by atoms with Crippen LogP contribution in [0.1, 0.15) is 32.8 Å². The molecule has 2 nitrogen and oxygen atoms in total. The molecular weight excluding hydrogens is 290 g/mol. The van der Waals surface area contributed by atoms with Crippen LogP contribution >= 0.6 is 15.9 Å². The lowest BCUT2D eigenvalue weighted by atomic mass is 10.1. The zero-order valence-electron chi connectivity index (χ0n) is 11.1. The predicted octanol–water partition coefficient (Wildman–Crippen LogP) is 3.77. The van der Waals surface area contributed by atoms with Gasteiger partial charge in [-0.1, -0.05) is 60.1 Å². The molecule has 0 aromatic heterocycles. The molecule has 0 aliphatic heterocycles. The molecule has 1 amide bonds. The lowest BCUT2D eigenvalue weighted by Crippen LogP contribution is -2.38. The molecule has 1 aromatic carbocycles. The standard InChI is InChI=1S/C15H20BrNO/c1-4-14(12(3)16)17-15(18)10-11(2)13-8-6-5-7-9-13/h5-10,12,14H,4H2,1-3H3,(H,17,18)/b11-10+/t12-,14?/m0/s1. The maximum atomic E-state index is 11.9. The van der Waals surface area contributed by atoms with Gasteiger partial charge in [0, 0.05) is 16.9 Å². The number of hydrogen-bond donors (Lipinski definition) is 1. The highest BCUT2D eigenvalue weighted by Crippen LogP contribution is 2.13. The fourth-order valence-electron chi connectivity index (χ4n) is 1.75. The molecule has 1 unspecified atom stereocenters.